The minimum atomic E-state index is -0.0797. The summed E-state index contributed by atoms with van der Waals surface area (Å²) < 4.78 is 0. The van der Waals surface area contributed by atoms with Crippen LogP contribution in [-0.4, -0.2) is 0 Å². The van der Waals surface area contributed by atoms with Gasteiger partial charge in [-0.1, -0.05) is 172 Å². The molecule has 9 aromatic rings. The maximum absolute atomic E-state index is 2.44. The van der Waals surface area contributed by atoms with Crippen molar-refractivity contribution in [1.82, 2.24) is 0 Å². The molecule has 0 nitrogen and oxygen atoms in total. The van der Waals surface area contributed by atoms with Gasteiger partial charge >= 0.3 is 0 Å². The smallest absolute Gasteiger partial charge is 0.0165 e. The topological polar surface area (TPSA) is 0 Å². The largest absolute Gasteiger partial charge is 0.0622 e. The lowest BCUT2D eigenvalue weighted by Gasteiger charge is -2.24. The molecule has 0 bridgehead atoms. The van der Waals surface area contributed by atoms with E-state index in [4.69, 9.17) is 0 Å². The van der Waals surface area contributed by atoms with Crippen molar-refractivity contribution in [2.24, 2.45) is 0 Å². The van der Waals surface area contributed by atoms with Crippen LogP contribution in [0, 0.1) is 0 Å². The quantitative estimate of drug-likeness (QED) is 0.136. The Morgan fingerprint density at radius 3 is 1.47 bits per heavy atom. The van der Waals surface area contributed by atoms with Gasteiger partial charge in [-0.3, -0.25) is 0 Å². The van der Waals surface area contributed by atoms with E-state index in [9.17, 15) is 0 Å². The maximum atomic E-state index is 2.44. The summed E-state index contributed by atoms with van der Waals surface area (Å²) in [6.45, 7) is 4.78. The zero-order valence-electron chi connectivity index (χ0n) is 27.7. The molecular weight excluding hydrogens is 589 g/mol. The van der Waals surface area contributed by atoms with Gasteiger partial charge < -0.3 is 0 Å². The molecule has 0 atom stereocenters. The number of hydrogen-bond acceptors (Lipinski definition) is 0. The number of rotatable bonds is 3. The molecule has 0 fully saturated rings. The van der Waals surface area contributed by atoms with Gasteiger partial charge in [-0.2, -0.15) is 0 Å². The summed E-state index contributed by atoms with van der Waals surface area (Å²) in [5, 5.41) is 10.4. The van der Waals surface area contributed by atoms with Gasteiger partial charge in [0.2, 0.25) is 0 Å². The molecule has 0 spiro atoms. The van der Waals surface area contributed by atoms with Gasteiger partial charge in [0.25, 0.3) is 0 Å². The molecular formula is C49H34. The summed E-state index contributed by atoms with van der Waals surface area (Å²) in [4.78, 5) is 0. The van der Waals surface area contributed by atoms with Crippen molar-refractivity contribution in [1.29, 1.82) is 0 Å². The summed E-state index contributed by atoms with van der Waals surface area (Å²) in [5.74, 6) is 0. The van der Waals surface area contributed by atoms with E-state index >= 15 is 0 Å². The lowest BCUT2D eigenvalue weighted by Crippen LogP contribution is -2.15. The fourth-order valence-electron chi connectivity index (χ4n) is 8.89. The van der Waals surface area contributed by atoms with Gasteiger partial charge in [-0.05, 0) is 111 Å². The normalized spacial score (nSPS) is 13.3. The average Bonchev–Trinajstić information content (AvgIpc) is 3.41. The minimum absolute atomic E-state index is 0.0797. The highest BCUT2D eigenvalue weighted by Crippen LogP contribution is 2.54. The second kappa shape index (κ2) is 10.5. The highest BCUT2D eigenvalue weighted by molar-refractivity contribution is 6.22. The van der Waals surface area contributed by atoms with Crippen LogP contribution in [0.2, 0.25) is 0 Å². The van der Waals surface area contributed by atoms with Crippen LogP contribution in [0.3, 0.4) is 0 Å². The minimum Gasteiger partial charge on any atom is -0.0622 e. The van der Waals surface area contributed by atoms with Crippen molar-refractivity contribution in [2.75, 3.05) is 0 Å². The molecule has 230 valence electrons. The number of benzene rings is 9. The molecule has 0 heterocycles. The van der Waals surface area contributed by atoms with E-state index in [1.54, 1.807) is 0 Å². The molecule has 9 aromatic carbocycles. The van der Waals surface area contributed by atoms with E-state index in [0.717, 1.165) is 0 Å². The van der Waals surface area contributed by atoms with E-state index in [1.807, 2.05) is 0 Å². The summed E-state index contributed by atoms with van der Waals surface area (Å²) in [6.07, 6.45) is 0. The zero-order chi connectivity index (χ0) is 32.7. The van der Waals surface area contributed by atoms with Crippen LogP contribution in [0.15, 0.2) is 170 Å². The Morgan fingerprint density at radius 1 is 0.306 bits per heavy atom. The Hall–Kier alpha value is -5.98. The molecule has 0 N–H and O–H groups in total. The number of fused-ring (bicyclic) bond motifs is 10. The molecule has 0 aromatic heterocycles. The Kier molecular flexibility index (Phi) is 6.02. The monoisotopic (exact) mass is 622 g/mol. The average molecular weight is 623 g/mol. The highest BCUT2D eigenvalue weighted by Gasteiger charge is 2.38. The van der Waals surface area contributed by atoms with Crippen LogP contribution in [0.4, 0.5) is 0 Å². The molecule has 49 heavy (non-hydrogen) atoms. The van der Waals surface area contributed by atoms with Crippen LogP contribution in [0.5, 0.6) is 0 Å². The third kappa shape index (κ3) is 4.04. The predicted octanol–water partition coefficient (Wildman–Crippen LogP) is 13.6. The Labute approximate surface area is 286 Å². The van der Waals surface area contributed by atoms with Gasteiger partial charge in [0.05, 0.1) is 0 Å². The van der Waals surface area contributed by atoms with Crippen molar-refractivity contribution in [3.63, 3.8) is 0 Å². The van der Waals surface area contributed by atoms with Crippen LogP contribution < -0.4 is 0 Å². The molecule has 1 aliphatic rings. The first-order chi connectivity index (χ1) is 24.1. The Morgan fingerprint density at radius 2 is 0.796 bits per heavy atom. The van der Waals surface area contributed by atoms with Gasteiger partial charge in [-0.15, -0.1) is 0 Å². The molecule has 0 radical (unpaired) electrons. The molecule has 0 unspecified atom stereocenters. The second-order valence-electron chi connectivity index (χ2n) is 14.0. The van der Waals surface area contributed by atoms with Gasteiger partial charge in [0.15, 0.2) is 0 Å². The Bertz CT molecular complexity index is 2720. The molecule has 0 heteroatoms. The van der Waals surface area contributed by atoms with E-state index in [-0.39, 0.29) is 5.41 Å². The van der Waals surface area contributed by atoms with Gasteiger partial charge in [0, 0.05) is 5.41 Å². The highest BCUT2D eigenvalue weighted by atomic mass is 14.4. The summed E-state index contributed by atoms with van der Waals surface area (Å²) in [7, 11) is 0. The van der Waals surface area contributed by atoms with Crippen molar-refractivity contribution in [3.05, 3.63) is 181 Å². The fraction of sp³-hybridized carbons (Fsp3) is 0.0612. The molecule has 0 amide bonds. The summed E-state index contributed by atoms with van der Waals surface area (Å²) in [6, 6.07) is 62.9. The van der Waals surface area contributed by atoms with Crippen LogP contribution in [0.1, 0.15) is 25.0 Å². The molecule has 0 aliphatic heterocycles. The van der Waals surface area contributed by atoms with Crippen molar-refractivity contribution in [3.8, 4) is 44.5 Å². The van der Waals surface area contributed by atoms with Crippen molar-refractivity contribution >= 4 is 43.1 Å². The number of hydrogen-bond donors (Lipinski definition) is 0. The first kappa shape index (κ1) is 28.1. The third-order valence-corrected chi connectivity index (χ3v) is 11.0. The first-order valence-corrected chi connectivity index (χ1v) is 17.3. The first-order valence-electron chi connectivity index (χ1n) is 17.3. The van der Waals surface area contributed by atoms with E-state index in [1.165, 1.54) is 98.7 Å². The fourth-order valence-corrected chi connectivity index (χ4v) is 8.89. The zero-order valence-corrected chi connectivity index (χ0v) is 27.7. The van der Waals surface area contributed by atoms with E-state index < -0.39 is 0 Å². The SMILES string of the molecule is CC1(C)c2ccccc2-c2c1c1ccc(-c3cccc(-c4c5ccccc5c(-c5ccccc5)c5ccccc45)c3)cc1c1ccccc21. The summed E-state index contributed by atoms with van der Waals surface area (Å²) >= 11 is 0. The second-order valence-corrected chi connectivity index (χ2v) is 14.0. The van der Waals surface area contributed by atoms with Crippen molar-refractivity contribution in [2.45, 2.75) is 19.3 Å². The van der Waals surface area contributed by atoms with Crippen LogP contribution in [0.25, 0.3) is 87.6 Å². The van der Waals surface area contributed by atoms with Crippen LogP contribution >= 0.6 is 0 Å². The van der Waals surface area contributed by atoms with E-state index in [2.05, 4.69) is 184 Å². The standard InChI is InChI=1S/C49H34/c1-49(2)44-26-13-12-25-42(44)47-36-20-7-6-19-35(36)43-30-33(27-28-41(43)48(47)49)32-17-14-18-34(29-32)46-39-23-10-8-21-37(39)45(31-15-4-3-5-16-31)38-22-9-11-24-40(38)46/h3-30H,1-2H3. The van der Waals surface area contributed by atoms with E-state index in [0.29, 0.717) is 0 Å². The van der Waals surface area contributed by atoms with Crippen molar-refractivity contribution < 1.29 is 0 Å². The molecule has 0 saturated heterocycles. The predicted molar refractivity (Wildman–Crippen MR) is 210 cm³/mol. The lowest BCUT2D eigenvalue weighted by atomic mass is 9.79. The molecule has 10 rings (SSSR count). The molecule has 1 aliphatic carbocycles. The third-order valence-electron chi connectivity index (χ3n) is 11.0. The molecule has 0 saturated carbocycles. The lowest BCUT2D eigenvalue weighted by molar-refractivity contribution is 0.666. The summed E-state index contributed by atoms with van der Waals surface area (Å²) in [5.41, 5.74) is 13.1. The maximum Gasteiger partial charge on any atom is 0.0165 e. The Balaban J connectivity index is 1.21. The van der Waals surface area contributed by atoms with Gasteiger partial charge in [0.1, 0.15) is 0 Å². The van der Waals surface area contributed by atoms with Gasteiger partial charge in [-0.25, -0.2) is 0 Å². The van der Waals surface area contributed by atoms with Crippen LogP contribution in [-0.2, 0) is 5.41 Å².